The summed E-state index contributed by atoms with van der Waals surface area (Å²) in [5, 5.41) is 0.719. The van der Waals surface area contributed by atoms with Gasteiger partial charge in [-0.2, -0.15) is 0 Å². The molecule has 0 spiro atoms. The van der Waals surface area contributed by atoms with Crippen LogP contribution in [0.2, 0.25) is 10.0 Å². The zero-order valence-corrected chi connectivity index (χ0v) is 21.3. The molecule has 180 valence electrons. The van der Waals surface area contributed by atoms with E-state index in [1.807, 2.05) is 42.5 Å². The Balaban J connectivity index is 1.44. The normalized spacial score (nSPS) is 14.6. The van der Waals surface area contributed by atoms with Crippen molar-refractivity contribution in [2.45, 2.75) is 19.4 Å². The van der Waals surface area contributed by atoms with E-state index in [0.29, 0.717) is 45.0 Å². The van der Waals surface area contributed by atoms with Gasteiger partial charge in [0.1, 0.15) is 6.61 Å². The number of thioether (sulfide) groups is 1. The quantitative estimate of drug-likeness (QED) is 0.274. The predicted molar refractivity (Wildman–Crippen MR) is 141 cm³/mol. The number of rotatable bonds is 9. The highest BCUT2D eigenvalue weighted by Gasteiger charge is 2.34. The fourth-order valence-corrected chi connectivity index (χ4v) is 4.89. The van der Waals surface area contributed by atoms with Gasteiger partial charge in [-0.05, 0) is 71.6 Å². The topological polar surface area (TPSA) is 55.8 Å². The summed E-state index contributed by atoms with van der Waals surface area (Å²) in [6.45, 7) is 0.660. The molecule has 1 aliphatic rings. The van der Waals surface area contributed by atoms with Gasteiger partial charge in [0, 0.05) is 11.6 Å². The van der Waals surface area contributed by atoms with E-state index >= 15 is 0 Å². The molecular weight excluding hydrogens is 505 g/mol. The van der Waals surface area contributed by atoms with E-state index in [-0.39, 0.29) is 17.8 Å². The SMILES string of the molecule is COc1cc(/C=C2/SC(=O)N(CCCc3ccccc3)C2=O)cc(Cl)c1OCc1ccc(Cl)cc1. The van der Waals surface area contributed by atoms with Gasteiger partial charge in [0.15, 0.2) is 11.5 Å². The Morgan fingerprint density at radius 2 is 1.71 bits per heavy atom. The third-order valence-electron chi connectivity index (χ3n) is 5.41. The summed E-state index contributed by atoms with van der Waals surface area (Å²) in [6, 6.07) is 20.7. The summed E-state index contributed by atoms with van der Waals surface area (Å²) >= 11 is 13.3. The summed E-state index contributed by atoms with van der Waals surface area (Å²) in [4.78, 5) is 27.0. The predicted octanol–water partition coefficient (Wildman–Crippen LogP) is 7.25. The molecule has 35 heavy (non-hydrogen) atoms. The van der Waals surface area contributed by atoms with Crippen molar-refractivity contribution in [2.24, 2.45) is 0 Å². The van der Waals surface area contributed by atoms with Crippen LogP contribution in [0.1, 0.15) is 23.1 Å². The lowest BCUT2D eigenvalue weighted by Crippen LogP contribution is -2.29. The fourth-order valence-electron chi connectivity index (χ4n) is 3.63. The first kappa shape index (κ1) is 25.2. The van der Waals surface area contributed by atoms with E-state index in [1.54, 1.807) is 30.3 Å². The van der Waals surface area contributed by atoms with Gasteiger partial charge in [-0.15, -0.1) is 0 Å². The van der Waals surface area contributed by atoms with Crippen molar-refractivity contribution in [3.05, 3.63) is 98.4 Å². The van der Waals surface area contributed by atoms with Gasteiger partial charge >= 0.3 is 0 Å². The second-order valence-electron chi connectivity index (χ2n) is 7.87. The lowest BCUT2D eigenvalue weighted by atomic mass is 10.1. The Hall–Kier alpha value is -2.93. The number of hydrogen-bond acceptors (Lipinski definition) is 5. The third kappa shape index (κ3) is 6.40. The maximum atomic E-state index is 12.9. The fraction of sp³-hybridized carbons (Fsp3) is 0.185. The molecule has 3 aromatic rings. The van der Waals surface area contributed by atoms with E-state index in [4.69, 9.17) is 32.7 Å². The average molecular weight is 528 g/mol. The largest absolute Gasteiger partial charge is 0.493 e. The van der Waals surface area contributed by atoms with E-state index in [9.17, 15) is 9.59 Å². The summed E-state index contributed by atoms with van der Waals surface area (Å²) in [5.74, 6) is 0.529. The smallest absolute Gasteiger partial charge is 0.293 e. The molecule has 1 aliphatic heterocycles. The number of benzene rings is 3. The maximum Gasteiger partial charge on any atom is 0.293 e. The van der Waals surface area contributed by atoms with E-state index in [1.165, 1.54) is 17.6 Å². The van der Waals surface area contributed by atoms with Gasteiger partial charge in [0.25, 0.3) is 11.1 Å². The second-order valence-corrected chi connectivity index (χ2v) is 9.71. The molecule has 5 nitrogen and oxygen atoms in total. The molecule has 8 heteroatoms. The molecule has 1 fully saturated rings. The Labute approximate surface area is 218 Å². The van der Waals surface area contributed by atoms with Crippen LogP contribution in [0.3, 0.4) is 0 Å². The summed E-state index contributed by atoms with van der Waals surface area (Å²) in [5.41, 5.74) is 2.74. The van der Waals surface area contributed by atoms with Crippen molar-refractivity contribution in [1.29, 1.82) is 0 Å². The Morgan fingerprint density at radius 1 is 0.971 bits per heavy atom. The molecule has 0 bridgehead atoms. The minimum Gasteiger partial charge on any atom is -0.493 e. The lowest BCUT2D eigenvalue weighted by molar-refractivity contribution is -0.122. The number of carbonyl (C=O) groups excluding carboxylic acids is 2. The number of aryl methyl sites for hydroxylation is 1. The second kappa shape index (κ2) is 11.7. The van der Waals surface area contributed by atoms with Crippen LogP contribution in [0.4, 0.5) is 4.79 Å². The van der Waals surface area contributed by atoms with Crippen LogP contribution >= 0.6 is 35.0 Å². The molecule has 0 atom stereocenters. The number of imide groups is 1. The minimum atomic E-state index is -0.300. The monoisotopic (exact) mass is 527 g/mol. The lowest BCUT2D eigenvalue weighted by Gasteiger charge is -2.14. The Morgan fingerprint density at radius 3 is 2.43 bits per heavy atom. The molecule has 1 heterocycles. The van der Waals surface area contributed by atoms with Crippen molar-refractivity contribution in [3.63, 3.8) is 0 Å². The van der Waals surface area contributed by atoms with Crippen LogP contribution in [-0.2, 0) is 17.8 Å². The van der Waals surface area contributed by atoms with Crippen LogP contribution in [0, 0.1) is 0 Å². The van der Waals surface area contributed by atoms with Crippen molar-refractivity contribution in [1.82, 2.24) is 4.90 Å². The number of hydrogen-bond donors (Lipinski definition) is 0. The molecule has 0 aliphatic carbocycles. The summed E-state index contributed by atoms with van der Waals surface area (Å²) < 4.78 is 11.4. The zero-order chi connectivity index (χ0) is 24.8. The van der Waals surface area contributed by atoms with Gasteiger partial charge < -0.3 is 9.47 Å². The zero-order valence-electron chi connectivity index (χ0n) is 19.0. The molecule has 0 radical (unpaired) electrons. The van der Waals surface area contributed by atoms with E-state index in [0.717, 1.165) is 23.7 Å². The maximum absolute atomic E-state index is 12.9. The van der Waals surface area contributed by atoms with Crippen LogP contribution in [0.15, 0.2) is 71.6 Å². The standard InChI is InChI=1S/C27H23Cl2NO4S/c1-33-23-15-20(14-22(29)25(23)34-17-19-9-11-21(28)12-10-19)16-24-26(31)30(27(32)35-24)13-5-8-18-6-3-2-4-7-18/h2-4,6-7,9-12,14-16H,5,8,13,17H2,1H3/b24-16+. The van der Waals surface area contributed by atoms with Crippen molar-refractivity contribution < 1.29 is 19.1 Å². The third-order valence-corrected chi connectivity index (χ3v) is 6.85. The number of carbonyl (C=O) groups is 2. The van der Waals surface area contributed by atoms with Gasteiger partial charge in [0.2, 0.25) is 0 Å². The van der Waals surface area contributed by atoms with Crippen LogP contribution < -0.4 is 9.47 Å². The first-order valence-electron chi connectivity index (χ1n) is 11.0. The van der Waals surface area contributed by atoms with E-state index in [2.05, 4.69) is 0 Å². The number of halogens is 2. The Bertz CT molecular complexity index is 1250. The molecule has 0 unspecified atom stereocenters. The molecule has 0 aromatic heterocycles. The van der Waals surface area contributed by atoms with Crippen molar-refractivity contribution in [2.75, 3.05) is 13.7 Å². The number of amides is 2. The highest BCUT2D eigenvalue weighted by molar-refractivity contribution is 8.18. The highest BCUT2D eigenvalue weighted by atomic mass is 35.5. The van der Waals surface area contributed by atoms with Gasteiger partial charge in [-0.1, -0.05) is 65.7 Å². The number of nitrogens with zero attached hydrogens (tertiary/aromatic N) is 1. The van der Waals surface area contributed by atoms with Crippen LogP contribution in [-0.4, -0.2) is 29.7 Å². The number of methoxy groups -OCH3 is 1. The molecular formula is C27H23Cl2NO4S. The average Bonchev–Trinajstić information content (AvgIpc) is 3.12. The minimum absolute atomic E-state index is 0.268. The van der Waals surface area contributed by atoms with Gasteiger partial charge in [0.05, 0.1) is 17.0 Å². The molecule has 1 saturated heterocycles. The van der Waals surface area contributed by atoms with Crippen LogP contribution in [0.5, 0.6) is 11.5 Å². The van der Waals surface area contributed by atoms with E-state index < -0.39 is 0 Å². The molecule has 4 rings (SSSR count). The molecule has 0 N–H and O–H groups in total. The summed E-state index contributed by atoms with van der Waals surface area (Å²) in [7, 11) is 1.52. The molecule has 2 amide bonds. The first-order chi connectivity index (χ1) is 16.9. The Kier molecular flexibility index (Phi) is 8.39. The number of ether oxygens (including phenoxy) is 2. The van der Waals surface area contributed by atoms with Crippen LogP contribution in [0.25, 0.3) is 6.08 Å². The highest BCUT2D eigenvalue weighted by Crippen LogP contribution is 2.39. The molecule has 3 aromatic carbocycles. The molecule has 0 saturated carbocycles. The summed E-state index contributed by atoms with van der Waals surface area (Å²) in [6.07, 6.45) is 3.15. The first-order valence-corrected chi connectivity index (χ1v) is 12.6. The van der Waals surface area contributed by atoms with Gasteiger partial charge in [-0.25, -0.2) is 0 Å². The van der Waals surface area contributed by atoms with Crippen molar-refractivity contribution >= 4 is 52.2 Å². The van der Waals surface area contributed by atoms with Crippen molar-refractivity contribution in [3.8, 4) is 11.5 Å². The van der Waals surface area contributed by atoms with Gasteiger partial charge in [-0.3, -0.25) is 14.5 Å².